The van der Waals surface area contributed by atoms with E-state index in [-0.39, 0.29) is 11.9 Å². The molecular weight excluding hydrogens is 302 g/mol. The van der Waals surface area contributed by atoms with Crippen LogP contribution in [0.5, 0.6) is 0 Å². The van der Waals surface area contributed by atoms with E-state index in [4.69, 9.17) is 0 Å². The van der Waals surface area contributed by atoms with Crippen LogP contribution in [-0.2, 0) is 11.2 Å². The molecule has 1 amide bonds. The molecule has 3 heteroatoms. The summed E-state index contributed by atoms with van der Waals surface area (Å²) in [7, 11) is 0. The summed E-state index contributed by atoms with van der Waals surface area (Å²) in [6.45, 7) is 1.99. The van der Waals surface area contributed by atoms with Crippen LogP contribution in [0, 0.1) is 0 Å². The van der Waals surface area contributed by atoms with Gasteiger partial charge in [0.2, 0.25) is 5.91 Å². The molecule has 0 aromatic heterocycles. The van der Waals surface area contributed by atoms with Gasteiger partial charge in [-0.3, -0.25) is 4.79 Å². The number of halogens is 1. The van der Waals surface area contributed by atoms with Gasteiger partial charge in [-0.05, 0) is 30.2 Å². The van der Waals surface area contributed by atoms with E-state index in [0.29, 0.717) is 6.42 Å². The van der Waals surface area contributed by atoms with Gasteiger partial charge in [0, 0.05) is 4.47 Å². The van der Waals surface area contributed by atoms with Crippen molar-refractivity contribution in [3.8, 4) is 0 Å². The Kier molecular flexibility index (Phi) is 4.74. The third kappa shape index (κ3) is 4.21. The molecule has 2 aromatic rings. The Labute approximate surface area is 122 Å². The first-order chi connectivity index (χ1) is 9.15. The number of carbonyl (C=O) groups is 1. The number of carbonyl (C=O) groups excluding carboxylic acids is 1. The highest BCUT2D eigenvalue weighted by atomic mass is 79.9. The highest BCUT2D eigenvalue weighted by Crippen LogP contribution is 2.14. The van der Waals surface area contributed by atoms with Crippen LogP contribution in [0.1, 0.15) is 24.1 Å². The van der Waals surface area contributed by atoms with Crippen LogP contribution in [0.25, 0.3) is 0 Å². The van der Waals surface area contributed by atoms with Crippen LogP contribution in [0.3, 0.4) is 0 Å². The molecule has 1 N–H and O–H groups in total. The highest BCUT2D eigenvalue weighted by Gasteiger charge is 2.09. The minimum atomic E-state index is 0.0286. The number of hydrogen-bond donors (Lipinski definition) is 1. The molecule has 98 valence electrons. The third-order valence-corrected chi connectivity index (χ3v) is 3.42. The third-order valence-electron chi connectivity index (χ3n) is 2.93. The number of hydrogen-bond acceptors (Lipinski definition) is 1. The van der Waals surface area contributed by atoms with Gasteiger partial charge in [-0.1, -0.05) is 58.4 Å². The fraction of sp³-hybridized carbons (Fsp3) is 0.188. The first-order valence-electron chi connectivity index (χ1n) is 6.24. The predicted molar refractivity (Wildman–Crippen MR) is 80.8 cm³/mol. The zero-order chi connectivity index (χ0) is 13.7. The van der Waals surface area contributed by atoms with Gasteiger partial charge in [0.05, 0.1) is 12.5 Å². The average molecular weight is 318 g/mol. The van der Waals surface area contributed by atoms with Gasteiger partial charge in [0.15, 0.2) is 0 Å². The molecule has 0 spiro atoms. The molecule has 0 saturated heterocycles. The molecule has 0 radical (unpaired) electrons. The Balaban J connectivity index is 1.95. The zero-order valence-corrected chi connectivity index (χ0v) is 12.4. The molecule has 2 rings (SSSR count). The minimum absolute atomic E-state index is 0.0286. The quantitative estimate of drug-likeness (QED) is 0.911. The van der Waals surface area contributed by atoms with Crippen LogP contribution in [0.15, 0.2) is 59.1 Å². The molecule has 0 heterocycles. The minimum Gasteiger partial charge on any atom is -0.349 e. The van der Waals surface area contributed by atoms with E-state index in [1.807, 2.05) is 61.5 Å². The van der Waals surface area contributed by atoms with Crippen LogP contribution in [-0.4, -0.2) is 5.91 Å². The summed E-state index contributed by atoms with van der Waals surface area (Å²) < 4.78 is 0.994. The fourth-order valence-corrected chi connectivity index (χ4v) is 2.40. The van der Waals surface area contributed by atoms with Crippen LogP contribution < -0.4 is 5.32 Å². The van der Waals surface area contributed by atoms with E-state index >= 15 is 0 Å². The van der Waals surface area contributed by atoms with Gasteiger partial charge in [0.25, 0.3) is 0 Å². The van der Waals surface area contributed by atoms with Crippen LogP contribution in [0.4, 0.5) is 0 Å². The maximum Gasteiger partial charge on any atom is 0.224 e. The van der Waals surface area contributed by atoms with Crippen molar-refractivity contribution in [3.05, 3.63) is 70.2 Å². The maximum atomic E-state index is 12.0. The fourth-order valence-electron chi connectivity index (χ4n) is 1.95. The molecular formula is C16H16BrNO. The van der Waals surface area contributed by atoms with E-state index in [9.17, 15) is 4.79 Å². The molecule has 0 aliphatic rings. The maximum absolute atomic E-state index is 12.0. The SMILES string of the molecule is CC(NC(=O)Cc1cccc(Br)c1)c1ccccc1. The van der Waals surface area contributed by atoms with Crippen molar-refractivity contribution in [1.29, 1.82) is 0 Å². The van der Waals surface area contributed by atoms with E-state index in [1.165, 1.54) is 0 Å². The monoisotopic (exact) mass is 317 g/mol. The van der Waals surface area contributed by atoms with Gasteiger partial charge < -0.3 is 5.32 Å². The van der Waals surface area contributed by atoms with Gasteiger partial charge in [-0.15, -0.1) is 0 Å². The molecule has 2 nitrogen and oxygen atoms in total. The van der Waals surface area contributed by atoms with E-state index < -0.39 is 0 Å². The summed E-state index contributed by atoms with van der Waals surface area (Å²) >= 11 is 3.41. The molecule has 1 unspecified atom stereocenters. The van der Waals surface area contributed by atoms with Gasteiger partial charge in [-0.25, -0.2) is 0 Å². The first kappa shape index (κ1) is 13.8. The van der Waals surface area contributed by atoms with E-state index in [1.54, 1.807) is 0 Å². The lowest BCUT2D eigenvalue weighted by Gasteiger charge is -2.14. The molecule has 0 saturated carbocycles. The smallest absolute Gasteiger partial charge is 0.224 e. The van der Waals surface area contributed by atoms with Crippen molar-refractivity contribution in [2.75, 3.05) is 0 Å². The molecule has 0 aliphatic heterocycles. The first-order valence-corrected chi connectivity index (χ1v) is 7.03. The number of benzene rings is 2. The van der Waals surface area contributed by atoms with Gasteiger partial charge in [-0.2, -0.15) is 0 Å². The summed E-state index contributed by atoms with van der Waals surface area (Å²) in [6, 6.07) is 17.8. The zero-order valence-electron chi connectivity index (χ0n) is 10.8. The normalized spacial score (nSPS) is 11.9. The Morgan fingerprint density at radius 2 is 1.89 bits per heavy atom. The molecule has 19 heavy (non-hydrogen) atoms. The lowest BCUT2D eigenvalue weighted by Crippen LogP contribution is -2.28. The summed E-state index contributed by atoms with van der Waals surface area (Å²) in [6.07, 6.45) is 0.399. The van der Waals surface area contributed by atoms with Crippen molar-refractivity contribution in [2.45, 2.75) is 19.4 Å². The van der Waals surface area contributed by atoms with Crippen LogP contribution >= 0.6 is 15.9 Å². The standard InChI is InChI=1S/C16H16BrNO/c1-12(14-7-3-2-4-8-14)18-16(19)11-13-6-5-9-15(17)10-13/h2-10,12H,11H2,1H3,(H,18,19). The number of nitrogens with one attached hydrogen (secondary N) is 1. The van der Waals surface area contributed by atoms with Gasteiger partial charge in [0.1, 0.15) is 0 Å². The molecule has 0 fully saturated rings. The second-order valence-electron chi connectivity index (χ2n) is 4.51. The second kappa shape index (κ2) is 6.53. The Bertz CT molecular complexity index is 554. The molecule has 2 aromatic carbocycles. The van der Waals surface area contributed by atoms with Crippen molar-refractivity contribution in [2.24, 2.45) is 0 Å². The Morgan fingerprint density at radius 3 is 2.58 bits per heavy atom. The predicted octanol–water partition coefficient (Wildman–Crippen LogP) is 3.87. The van der Waals surface area contributed by atoms with Gasteiger partial charge >= 0.3 is 0 Å². The lowest BCUT2D eigenvalue weighted by molar-refractivity contribution is -0.121. The number of rotatable bonds is 4. The van der Waals surface area contributed by atoms with E-state index in [2.05, 4.69) is 21.2 Å². The van der Waals surface area contributed by atoms with Crippen molar-refractivity contribution in [3.63, 3.8) is 0 Å². The summed E-state index contributed by atoms with van der Waals surface area (Å²) in [4.78, 5) is 12.0. The topological polar surface area (TPSA) is 29.1 Å². The Morgan fingerprint density at radius 1 is 1.16 bits per heavy atom. The number of amides is 1. The largest absolute Gasteiger partial charge is 0.349 e. The summed E-state index contributed by atoms with van der Waals surface area (Å²) in [5.74, 6) is 0.0365. The molecule has 0 aliphatic carbocycles. The summed E-state index contributed by atoms with van der Waals surface area (Å²) in [5.41, 5.74) is 2.12. The average Bonchev–Trinajstić information content (AvgIpc) is 2.39. The molecule has 0 bridgehead atoms. The summed E-state index contributed by atoms with van der Waals surface area (Å²) in [5, 5.41) is 3.01. The second-order valence-corrected chi connectivity index (χ2v) is 5.42. The van der Waals surface area contributed by atoms with Crippen molar-refractivity contribution < 1.29 is 4.79 Å². The van der Waals surface area contributed by atoms with Crippen molar-refractivity contribution >= 4 is 21.8 Å². The Hall–Kier alpha value is -1.61. The van der Waals surface area contributed by atoms with Crippen molar-refractivity contribution in [1.82, 2.24) is 5.32 Å². The highest BCUT2D eigenvalue weighted by molar-refractivity contribution is 9.10. The van der Waals surface area contributed by atoms with Crippen LogP contribution in [0.2, 0.25) is 0 Å². The van der Waals surface area contributed by atoms with E-state index in [0.717, 1.165) is 15.6 Å². The molecule has 1 atom stereocenters. The lowest BCUT2D eigenvalue weighted by atomic mass is 10.1.